The van der Waals surface area contributed by atoms with E-state index in [4.69, 9.17) is 0 Å². The first-order valence-corrected chi connectivity index (χ1v) is 0. The second-order valence-electron chi connectivity index (χ2n) is 0. The molecule has 17 valence electrons. The van der Waals surface area contributed by atoms with Crippen molar-refractivity contribution in [1.82, 2.24) is 0 Å². The van der Waals surface area contributed by atoms with Crippen molar-refractivity contribution in [2.75, 3.05) is 0 Å². The molecule has 4 heavy (non-hydrogen) atoms. The molecule has 4 heteroatoms. The van der Waals surface area contributed by atoms with Crippen molar-refractivity contribution in [3.63, 3.8) is 0 Å². The quantitative estimate of drug-likeness (QED) is 0.345. The Morgan fingerprint density at radius 1 is 1.00 bits per heavy atom. The summed E-state index contributed by atoms with van der Waals surface area (Å²) < 4.78 is 0. The molecule has 0 unspecified atom stereocenters. The van der Waals surface area contributed by atoms with E-state index in [-0.39, 0.29) is 58.8 Å². The molecule has 7 radical (unpaired) electrons. The summed E-state index contributed by atoms with van der Waals surface area (Å²) in [5.74, 6) is 0. The van der Waals surface area contributed by atoms with Gasteiger partial charge in [-0.1, -0.05) is 0 Å². The SMILES string of the molecule is [Al].[SiH4].[Si].[Zn]. The third-order valence-corrected chi connectivity index (χ3v) is 0. The van der Waals surface area contributed by atoms with E-state index >= 15 is 0 Å². The molecular weight excluding hydrogens is 149 g/mol. The first-order valence-electron chi connectivity index (χ1n) is 0. The van der Waals surface area contributed by atoms with Crippen LogP contribution in [0.3, 0.4) is 0 Å². The fourth-order valence-electron chi connectivity index (χ4n) is 0. The zero-order chi connectivity index (χ0) is 0. The molecule has 0 N–H and O–H groups in total. The Morgan fingerprint density at radius 3 is 1.00 bits per heavy atom. The molecule has 0 aliphatic carbocycles. The van der Waals surface area contributed by atoms with E-state index in [0.717, 1.165) is 0 Å². The second kappa shape index (κ2) is 23.4. The first-order chi connectivity index (χ1) is 0. The van der Waals surface area contributed by atoms with Gasteiger partial charge in [-0.05, 0) is 11.0 Å². The van der Waals surface area contributed by atoms with E-state index < -0.39 is 0 Å². The molecule has 0 aromatic rings. The topological polar surface area (TPSA) is 0 Å². The van der Waals surface area contributed by atoms with Gasteiger partial charge in [-0.15, -0.1) is 0 Å². The van der Waals surface area contributed by atoms with Crippen molar-refractivity contribution >= 4 is 39.3 Å². The van der Waals surface area contributed by atoms with Crippen LogP contribution in [0.1, 0.15) is 0 Å². The molecule has 0 aromatic heterocycles. The maximum absolute atomic E-state index is 0. The summed E-state index contributed by atoms with van der Waals surface area (Å²) in [4.78, 5) is 0. The molecule has 0 aromatic carbocycles. The van der Waals surface area contributed by atoms with Crippen LogP contribution in [0, 0.1) is 0 Å². The van der Waals surface area contributed by atoms with Crippen molar-refractivity contribution in [2.45, 2.75) is 0 Å². The maximum atomic E-state index is 0. The summed E-state index contributed by atoms with van der Waals surface area (Å²) >= 11 is 0. The normalized spacial score (nSPS) is 0. The van der Waals surface area contributed by atoms with Gasteiger partial charge in [0.05, 0.1) is 0 Å². The zero-order valence-corrected chi connectivity index (χ0v) is 6.91. The van der Waals surface area contributed by atoms with E-state index in [1.165, 1.54) is 0 Å². The molecule has 0 aliphatic rings. The molecule has 0 saturated heterocycles. The van der Waals surface area contributed by atoms with Gasteiger partial charge in [0, 0.05) is 47.8 Å². The molecular formula is H4AlSi2Zn. The number of hydrogen-bond acceptors (Lipinski definition) is 0. The third-order valence-electron chi connectivity index (χ3n) is 0. The minimum Gasteiger partial charge on any atom is -0.0149 e. The first kappa shape index (κ1) is 46.6. The third kappa shape index (κ3) is 9.53. The molecule has 0 fully saturated rings. The zero-order valence-electron chi connectivity index (χ0n) is 1.78. The molecule has 0 rings (SSSR count). The minimum atomic E-state index is 0. The summed E-state index contributed by atoms with van der Waals surface area (Å²) in [6.45, 7) is 0. The van der Waals surface area contributed by atoms with E-state index in [2.05, 4.69) is 0 Å². The minimum absolute atomic E-state index is 0. The molecule has 0 saturated carbocycles. The van der Waals surface area contributed by atoms with E-state index in [1.54, 1.807) is 0 Å². The fraction of sp³-hybridized carbons (Fsp3) is 0. The smallest absolute Gasteiger partial charge is 0 e. The van der Waals surface area contributed by atoms with Crippen molar-refractivity contribution in [1.29, 1.82) is 0 Å². The Morgan fingerprint density at radius 2 is 1.00 bits per heavy atom. The van der Waals surface area contributed by atoms with Crippen LogP contribution < -0.4 is 0 Å². The standard InChI is InChI=1S/Al.H4Si.Si.Zn/h;1H4;;. The van der Waals surface area contributed by atoms with Crippen LogP contribution in [0.4, 0.5) is 0 Å². The molecule has 0 spiro atoms. The van der Waals surface area contributed by atoms with Gasteiger partial charge in [0.15, 0.2) is 0 Å². The van der Waals surface area contributed by atoms with Crippen LogP contribution in [-0.4, -0.2) is 39.3 Å². The Kier molecular flexibility index (Phi) is 273. The molecule has 0 aliphatic heterocycles. The predicted octanol–water partition coefficient (Wildman–Crippen LogP) is -2.22. The molecule has 0 amide bonds. The summed E-state index contributed by atoms with van der Waals surface area (Å²) in [5, 5.41) is 0. The van der Waals surface area contributed by atoms with Gasteiger partial charge < -0.3 is 0 Å². The molecule has 0 bridgehead atoms. The van der Waals surface area contributed by atoms with Gasteiger partial charge in [-0.3, -0.25) is 0 Å². The van der Waals surface area contributed by atoms with Crippen molar-refractivity contribution in [3.05, 3.63) is 0 Å². The van der Waals surface area contributed by atoms with E-state index in [0.29, 0.717) is 0 Å². The second-order valence-corrected chi connectivity index (χ2v) is 0. The van der Waals surface area contributed by atoms with Gasteiger partial charge in [0.1, 0.15) is 0 Å². The molecule has 0 nitrogen and oxygen atoms in total. The van der Waals surface area contributed by atoms with Crippen LogP contribution in [0.25, 0.3) is 0 Å². The van der Waals surface area contributed by atoms with Crippen LogP contribution in [0.2, 0.25) is 0 Å². The number of hydrogen-bond donors (Lipinski definition) is 0. The van der Waals surface area contributed by atoms with Crippen molar-refractivity contribution in [2.24, 2.45) is 0 Å². The van der Waals surface area contributed by atoms with E-state index in [1.807, 2.05) is 0 Å². The summed E-state index contributed by atoms with van der Waals surface area (Å²) in [5.41, 5.74) is 0. The molecule has 0 atom stereocenters. The number of rotatable bonds is 0. The van der Waals surface area contributed by atoms with Gasteiger partial charge >= 0.3 is 0 Å². The van der Waals surface area contributed by atoms with Crippen molar-refractivity contribution < 1.29 is 19.5 Å². The Hall–Kier alpha value is 1.59. The Balaban J connectivity index is 0. The Labute approximate surface area is 58.7 Å². The maximum Gasteiger partial charge on any atom is 0 e. The van der Waals surface area contributed by atoms with Gasteiger partial charge in [0.2, 0.25) is 0 Å². The van der Waals surface area contributed by atoms with Crippen LogP contribution in [0.15, 0.2) is 0 Å². The van der Waals surface area contributed by atoms with Crippen LogP contribution in [-0.2, 0) is 19.5 Å². The fourth-order valence-corrected chi connectivity index (χ4v) is 0. The largest absolute Gasteiger partial charge is 0.0149 e. The Bertz CT molecular complexity index is 6.00. The van der Waals surface area contributed by atoms with Gasteiger partial charge in [-0.2, -0.15) is 0 Å². The monoisotopic (exact) mass is 151 g/mol. The van der Waals surface area contributed by atoms with Crippen molar-refractivity contribution in [3.8, 4) is 0 Å². The summed E-state index contributed by atoms with van der Waals surface area (Å²) in [7, 11) is 0. The van der Waals surface area contributed by atoms with E-state index in [9.17, 15) is 0 Å². The summed E-state index contributed by atoms with van der Waals surface area (Å²) in [6, 6.07) is 0. The average Bonchev–Trinajstić information content (AvgIpc) is 0. The summed E-state index contributed by atoms with van der Waals surface area (Å²) in [6.07, 6.45) is 0. The van der Waals surface area contributed by atoms with Gasteiger partial charge in [0.25, 0.3) is 0 Å². The van der Waals surface area contributed by atoms with Crippen LogP contribution in [0.5, 0.6) is 0 Å². The average molecular weight is 153 g/mol. The van der Waals surface area contributed by atoms with Crippen LogP contribution >= 0.6 is 0 Å². The molecule has 0 heterocycles. The van der Waals surface area contributed by atoms with Gasteiger partial charge in [-0.25, -0.2) is 0 Å². The predicted molar refractivity (Wildman–Crippen MR) is 22.8 cm³/mol.